The van der Waals surface area contributed by atoms with Crippen LogP contribution in [0.4, 0.5) is 0 Å². The average Bonchev–Trinajstić information content (AvgIpc) is 2.59. The fourth-order valence-electron chi connectivity index (χ4n) is 1.91. The molecule has 0 bridgehead atoms. The van der Waals surface area contributed by atoms with E-state index < -0.39 is 12.0 Å². The molecule has 0 saturated carbocycles. The topological polar surface area (TPSA) is 64.6 Å². The van der Waals surface area contributed by atoms with Gasteiger partial charge >= 0.3 is 5.97 Å². The number of carbonyl (C=O) groups is 2. The largest absolute Gasteiger partial charge is 0.490 e. The van der Waals surface area contributed by atoms with Crippen LogP contribution in [-0.2, 0) is 9.53 Å². The van der Waals surface area contributed by atoms with E-state index in [4.69, 9.17) is 9.47 Å². The van der Waals surface area contributed by atoms with Crippen molar-refractivity contribution in [1.29, 1.82) is 0 Å². The van der Waals surface area contributed by atoms with Gasteiger partial charge in [-0.25, -0.2) is 4.79 Å². The summed E-state index contributed by atoms with van der Waals surface area (Å²) in [6.07, 6.45) is 0. The molecular formula is C18H18BrNO4. The second kappa shape index (κ2) is 9.08. The third-order valence-electron chi connectivity index (χ3n) is 3.13. The predicted octanol–water partition coefficient (Wildman–Crippen LogP) is 3.19. The van der Waals surface area contributed by atoms with Crippen LogP contribution in [-0.4, -0.2) is 31.1 Å². The molecule has 0 spiro atoms. The van der Waals surface area contributed by atoms with Crippen molar-refractivity contribution in [1.82, 2.24) is 5.32 Å². The van der Waals surface area contributed by atoms with Crippen LogP contribution in [0.5, 0.6) is 5.75 Å². The average molecular weight is 392 g/mol. The molecule has 2 aromatic carbocycles. The molecule has 0 unspecified atom stereocenters. The Morgan fingerprint density at radius 3 is 2.54 bits per heavy atom. The Hall–Kier alpha value is -2.34. The van der Waals surface area contributed by atoms with Gasteiger partial charge in [-0.3, -0.25) is 4.79 Å². The lowest BCUT2D eigenvalue weighted by Gasteiger charge is -2.14. The molecule has 24 heavy (non-hydrogen) atoms. The highest BCUT2D eigenvalue weighted by Crippen LogP contribution is 2.17. The molecule has 0 heterocycles. The van der Waals surface area contributed by atoms with Crippen LogP contribution in [0.15, 0.2) is 59.1 Å². The highest BCUT2D eigenvalue weighted by atomic mass is 79.9. The maximum absolute atomic E-state index is 12.0. The fraction of sp³-hybridized carbons (Fsp3) is 0.222. The maximum atomic E-state index is 12.0. The predicted molar refractivity (Wildman–Crippen MR) is 94.0 cm³/mol. The summed E-state index contributed by atoms with van der Waals surface area (Å²) in [5, 5.41) is 2.60. The van der Waals surface area contributed by atoms with Crippen LogP contribution in [0.3, 0.4) is 0 Å². The summed E-state index contributed by atoms with van der Waals surface area (Å²) >= 11 is 3.35. The van der Waals surface area contributed by atoms with Crippen molar-refractivity contribution in [3.05, 3.63) is 64.6 Å². The molecule has 1 atom stereocenters. The molecule has 6 heteroatoms. The van der Waals surface area contributed by atoms with E-state index in [9.17, 15) is 9.59 Å². The fourth-order valence-corrected chi connectivity index (χ4v) is 2.29. The minimum Gasteiger partial charge on any atom is -0.490 e. The molecule has 0 aromatic heterocycles. The number of amides is 1. The molecule has 0 aliphatic heterocycles. The lowest BCUT2D eigenvalue weighted by molar-refractivity contribution is -0.146. The summed E-state index contributed by atoms with van der Waals surface area (Å²) in [6.45, 7) is 1.93. The van der Waals surface area contributed by atoms with Crippen LogP contribution in [0, 0.1) is 0 Å². The van der Waals surface area contributed by atoms with Gasteiger partial charge in [0.1, 0.15) is 25.0 Å². The maximum Gasteiger partial charge on any atom is 0.328 e. The van der Waals surface area contributed by atoms with Crippen molar-refractivity contribution in [2.45, 2.75) is 13.0 Å². The second-order valence-corrected chi connectivity index (χ2v) is 5.95. The molecule has 1 N–H and O–H groups in total. The number of ether oxygens (including phenoxy) is 2. The lowest BCUT2D eigenvalue weighted by atomic mass is 10.2. The molecule has 1 amide bonds. The number of carbonyl (C=O) groups excluding carboxylic acids is 2. The summed E-state index contributed by atoms with van der Waals surface area (Å²) in [5.41, 5.74) is 0.495. The first-order chi connectivity index (χ1) is 11.6. The molecule has 2 rings (SSSR count). The molecule has 0 aliphatic carbocycles. The van der Waals surface area contributed by atoms with Crippen molar-refractivity contribution in [2.75, 3.05) is 13.2 Å². The molecule has 126 valence electrons. The van der Waals surface area contributed by atoms with Crippen LogP contribution in [0.2, 0.25) is 0 Å². The number of rotatable bonds is 7. The van der Waals surface area contributed by atoms with E-state index in [0.717, 1.165) is 4.47 Å². The molecule has 0 fully saturated rings. The molecule has 5 nitrogen and oxygen atoms in total. The summed E-state index contributed by atoms with van der Waals surface area (Å²) < 4.78 is 11.5. The van der Waals surface area contributed by atoms with E-state index in [0.29, 0.717) is 11.3 Å². The Bertz CT molecular complexity index is 690. The first-order valence-electron chi connectivity index (χ1n) is 7.47. The first kappa shape index (κ1) is 18.0. The lowest BCUT2D eigenvalue weighted by Crippen LogP contribution is -2.39. The zero-order chi connectivity index (χ0) is 17.4. The Morgan fingerprint density at radius 2 is 1.83 bits per heavy atom. The number of esters is 1. The number of hydrogen-bond acceptors (Lipinski definition) is 4. The van der Waals surface area contributed by atoms with Gasteiger partial charge in [0.15, 0.2) is 0 Å². The Labute approximate surface area is 149 Å². The third kappa shape index (κ3) is 5.70. The van der Waals surface area contributed by atoms with Crippen molar-refractivity contribution in [3.63, 3.8) is 0 Å². The summed E-state index contributed by atoms with van der Waals surface area (Å²) in [5.74, 6) is -0.131. The zero-order valence-electron chi connectivity index (χ0n) is 13.2. The van der Waals surface area contributed by atoms with Crippen molar-refractivity contribution in [2.24, 2.45) is 0 Å². The minimum absolute atomic E-state index is 0.108. The molecular weight excluding hydrogens is 374 g/mol. The van der Waals surface area contributed by atoms with E-state index in [-0.39, 0.29) is 19.1 Å². The van der Waals surface area contributed by atoms with Crippen molar-refractivity contribution >= 4 is 27.8 Å². The van der Waals surface area contributed by atoms with Gasteiger partial charge in [0.25, 0.3) is 5.91 Å². The molecule has 0 radical (unpaired) electrons. The van der Waals surface area contributed by atoms with Gasteiger partial charge in [0.2, 0.25) is 0 Å². The van der Waals surface area contributed by atoms with Gasteiger partial charge in [-0.2, -0.15) is 0 Å². The van der Waals surface area contributed by atoms with Crippen LogP contribution < -0.4 is 10.1 Å². The van der Waals surface area contributed by atoms with E-state index in [1.165, 1.54) is 0 Å². The van der Waals surface area contributed by atoms with Gasteiger partial charge < -0.3 is 14.8 Å². The van der Waals surface area contributed by atoms with E-state index in [1.54, 1.807) is 31.2 Å². The second-order valence-electron chi connectivity index (χ2n) is 5.03. The SMILES string of the molecule is C[C@H](NC(=O)c1ccccc1)C(=O)OCCOc1cccc(Br)c1. The molecule has 2 aromatic rings. The summed E-state index contributed by atoms with van der Waals surface area (Å²) in [7, 11) is 0. The number of halogens is 1. The quantitative estimate of drug-likeness (QED) is 0.581. The molecule has 0 saturated heterocycles. The van der Waals surface area contributed by atoms with Gasteiger partial charge in [-0.05, 0) is 37.3 Å². The standard InChI is InChI=1S/C18H18BrNO4/c1-13(20-17(21)14-6-3-2-4-7-14)18(22)24-11-10-23-16-9-5-8-15(19)12-16/h2-9,12-13H,10-11H2,1H3,(H,20,21)/t13-/m0/s1. The van der Waals surface area contributed by atoms with Crippen molar-refractivity contribution in [3.8, 4) is 5.75 Å². The monoisotopic (exact) mass is 391 g/mol. The van der Waals surface area contributed by atoms with Gasteiger partial charge in [-0.15, -0.1) is 0 Å². The van der Waals surface area contributed by atoms with Crippen LogP contribution >= 0.6 is 15.9 Å². The van der Waals surface area contributed by atoms with Gasteiger partial charge in [0, 0.05) is 10.0 Å². The third-order valence-corrected chi connectivity index (χ3v) is 3.62. The zero-order valence-corrected chi connectivity index (χ0v) is 14.8. The Kier molecular flexibility index (Phi) is 6.81. The smallest absolute Gasteiger partial charge is 0.328 e. The normalized spacial score (nSPS) is 11.4. The summed E-state index contributed by atoms with van der Waals surface area (Å²) in [6, 6.07) is 15.4. The minimum atomic E-state index is -0.733. The summed E-state index contributed by atoms with van der Waals surface area (Å²) in [4.78, 5) is 23.8. The van der Waals surface area contributed by atoms with Crippen molar-refractivity contribution < 1.29 is 19.1 Å². The number of hydrogen-bond donors (Lipinski definition) is 1. The van der Waals surface area contributed by atoms with Gasteiger partial charge in [-0.1, -0.05) is 40.2 Å². The van der Waals surface area contributed by atoms with Crippen LogP contribution in [0.1, 0.15) is 17.3 Å². The van der Waals surface area contributed by atoms with Gasteiger partial charge in [0.05, 0.1) is 0 Å². The highest BCUT2D eigenvalue weighted by Gasteiger charge is 2.17. The first-order valence-corrected chi connectivity index (χ1v) is 8.26. The highest BCUT2D eigenvalue weighted by molar-refractivity contribution is 9.10. The Morgan fingerprint density at radius 1 is 1.08 bits per heavy atom. The van der Waals surface area contributed by atoms with Crippen LogP contribution in [0.25, 0.3) is 0 Å². The number of nitrogens with one attached hydrogen (secondary N) is 1. The Balaban J connectivity index is 1.71. The number of benzene rings is 2. The van der Waals surface area contributed by atoms with E-state index in [1.807, 2.05) is 30.3 Å². The van der Waals surface area contributed by atoms with E-state index >= 15 is 0 Å². The van der Waals surface area contributed by atoms with E-state index in [2.05, 4.69) is 21.2 Å². The molecule has 0 aliphatic rings.